The summed E-state index contributed by atoms with van der Waals surface area (Å²) in [5.74, 6) is -0.378. The van der Waals surface area contributed by atoms with Crippen LogP contribution in [-0.2, 0) is 0 Å². The number of nitrogens with one attached hydrogen (secondary N) is 2. The van der Waals surface area contributed by atoms with E-state index in [9.17, 15) is 9.18 Å². The van der Waals surface area contributed by atoms with Gasteiger partial charge in [0, 0.05) is 11.4 Å². The molecule has 0 saturated carbocycles. The maximum absolute atomic E-state index is 13.1. The molecule has 2 rings (SSSR count). The number of halogens is 1. The average Bonchev–Trinajstić information content (AvgIpc) is 2.37. The fourth-order valence-corrected chi connectivity index (χ4v) is 1.72. The van der Waals surface area contributed by atoms with Crippen LogP contribution in [0.25, 0.3) is 0 Å². The van der Waals surface area contributed by atoms with Crippen molar-refractivity contribution in [1.29, 1.82) is 0 Å². The minimum absolute atomic E-state index is 0.378. The van der Waals surface area contributed by atoms with E-state index in [1.54, 1.807) is 6.07 Å². The van der Waals surface area contributed by atoms with Gasteiger partial charge in [0.15, 0.2) is 0 Å². The van der Waals surface area contributed by atoms with Crippen LogP contribution in [0.15, 0.2) is 42.5 Å². The molecule has 0 aliphatic carbocycles. The minimum Gasteiger partial charge on any atom is -0.307 e. The van der Waals surface area contributed by atoms with Crippen molar-refractivity contribution in [2.75, 3.05) is 10.6 Å². The van der Waals surface area contributed by atoms with Gasteiger partial charge in [-0.1, -0.05) is 24.3 Å². The lowest BCUT2D eigenvalue weighted by molar-refractivity contribution is 0.262. The lowest BCUT2D eigenvalue weighted by Gasteiger charge is -2.11. The van der Waals surface area contributed by atoms with Crippen LogP contribution in [0, 0.1) is 19.7 Å². The molecule has 0 spiro atoms. The first-order chi connectivity index (χ1) is 9.06. The molecule has 0 saturated heterocycles. The summed E-state index contributed by atoms with van der Waals surface area (Å²) in [7, 11) is 0. The Morgan fingerprint density at radius 2 is 1.58 bits per heavy atom. The van der Waals surface area contributed by atoms with Crippen LogP contribution in [0.1, 0.15) is 11.1 Å². The Bertz CT molecular complexity index is 611. The number of aryl methyl sites for hydroxylation is 2. The van der Waals surface area contributed by atoms with Crippen LogP contribution < -0.4 is 10.6 Å². The summed E-state index contributed by atoms with van der Waals surface area (Å²) in [5, 5.41) is 5.37. The number of benzene rings is 2. The van der Waals surface area contributed by atoms with Gasteiger partial charge in [-0.25, -0.2) is 9.18 Å². The van der Waals surface area contributed by atoms with Gasteiger partial charge in [0.1, 0.15) is 5.82 Å². The topological polar surface area (TPSA) is 41.1 Å². The van der Waals surface area contributed by atoms with Crippen LogP contribution in [0.4, 0.5) is 20.6 Å². The highest BCUT2D eigenvalue weighted by molar-refractivity contribution is 6.00. The molecular formula is C15H15FN2O. The first-order valence-corrected chi connectivity index (χ1v) is 5.96. The van der Waals surface area contributed by atoms with Gasteiger partial charge in [0.25, 0.3) is 0 Å². The van der Waals surface area contributed by atoms with Crippen LogP contribution >= 0.6 is 0 Å². The molecule has 0 unspecified atom stereocenters. The van der Waals surface area contributed by atoms with Crippen molar-refractivity contribution < 1.29 is 9.18 Å². The van der Waals surface area contributed by atoms with Crippen LogP contribution in [-0.4, -0.2) is 6.03 Å². The Kier molecular flexibility index (Phi) is 3.80. The molecule has 0 bridgehead atoms. The van der Waals surface area contributed by atoms with Gasteiger partial charge in [-0.15, -0.1) is 0 Å². The molecule has 0 aliphatic rings. The van der Waals surface area contributed by atoms with Crippen molar-refractivity contribution in [3.63, 3.8) is 0 Å². The largest absolute Gasteiger partial charge is 0.323 e. The van der Waals surface area contributed by atoms with Gasteiger partial charge in [0.2, 0.25) is 0 Å². The molecule has 2 aromatic carbocycles. The van der Waals surface area contributed by atoms with E-state index in [0.29, 0.717) is 5.69 Å². The van der Waals surface area contributed by atoms with E-state index in [4.69, 9.17) is 0 Å². The molecular weight excluding hydrogens is 243 g/mol. The summed E-state index contributed by atoms with van der Waals surface area (Å²) in [6.45, 7) is 3.71. The summed E-state index contributed by atoms with van der Waals surface area (Å²) >= 11 is 0. The van der Waals surface area contributed by atoms with E-state index in [1.807, 2.05) is 38.1 Å². The lowest BCUT2D eigenvalue weighted by Crippen LogP contribution is -2.20. The smallest absolute Gasteiger partial charge is 0.307 e. The Labute approximate surface area is 111 Å². The molecule has 19 heavy (non-hydrogen) atoms. The van der Waals surface area contributed by atoms with Crippen molar-refractivity contribution in [3.05, 3.63) is 59.4 Å². The number of para-hydroxylation sites is 1. The second-order valence-electron chi connectivity index (χ2n) is 4.35. The first-order valence-electron chi connectivity index (χ1n) is 5.96. The SMILES string of the molecule is Cc1ccccc1NC(=O)Nc1cc(F)ccc1C. The van der Waals surface area contributed by atoms with E-state index >= 15 is 0 Å². The molecule has 2 amide bonds. The zero-order valence-electron chi connectivity index (χ0n) is 10.8. The molecule has 4 heteroatoms. The quantitative estimate of drug-likeness (QED) is 0.837. The van der Waals surface area contributed by atoms with E-state index in [1.165, 1.54) is 12.1 Å². The summed E-state index contributed by atoms with van der Waals surface area (Å²) in [6, 6.07) is 11.4. The molecule has 0 atom stereocenters. The zero-order valence-corrected chi connectivity index (χ0v) is 10.8. The second kappa shape index (κ2) is 5.52. The van der Waals surface area contributed by atoms with Crippen molar-refractivity contribution in [2.24, 2.45) is 0 Å². The number of anilines is 2. The Morgan fingerprint density at radius 3 is 2.32 bits per heavy atom. The molecule has 2 aromatic rings. The lowest BCUT2D eigenvalue weighted by atomic mass is 10.2. The predicted octanol–water partition coefficient (Wildman–Crippen LogP) is 4.09. The summed E-state index contributed by atoms with van der Waals surface area (Å²) in [4.78, 5) is 11.9. The fraction of sp³-hybridized carbons (Fsp3) is 0.133. The zero-order chi connectivity index (χ0) is 13.8. The highest BCUT2D eigenvalue weighted by Crippen LogP contribution is 2.17. The van der Waals surface area contributed by atoms with Crippen LogP contribution in [0.3, 0.4) is 0 Å². The van der Waals surface area contributed by atoms with Crippen LogP contribution in [0.2, 0.25) is 0 Å². The summed E-state index contributed by atoms with van der Waals surface area (Å²) in [5.41, 5.74) is 2.97. The molecule has 2 N–H and O–H groups in total. The van der Waals surface area contributed by atoms with Gasteiger partial charge >= 0.3 is 6.03 Å². The third-order valence-electron chi connectivity index (χ3n) is 2.84. The van der Waals surface area contributed by atoms with E-state index in [0.717, 1.165) is 16.8 Å². The average molecular weight is 258 g/mol. The molecule has 0 aliphatic heterocycles. The number of amides is 2. The number of rotatable bonds is 2. The van der Waals surface area contributed by atoms with Crippen molar-refractivity contribution >= 4 is 17.4 Å². The van der Waals surface area contributed by atoms with Gasteiger partial charge in [-0.3, -0.25) is 0 Å². The standard InChI is InChI=1S/C15H15FN2O/c1-10-5-3-4-6-13(10)17-15(19)18-14-9-12(16)8-7-11(14)2/h3-9H,1-2H3,(H2,17,18,19). The highest BCUT2D eigenvalue weighted by atomic mass is 19.1. The molecule has 0 heterocycles. The summed E-state index contributed by atoms with van der Waals surface area (Å²) in [6.07, 6.45) is 0. The van der Waals surface area contributed by atoms with Gasteiger partial charge in [-0.2, -0.15) is 0 Å². The number of urea groups is 1. The number of hydrogen-bond acceptors (Lipinski definition) is 1. The van der Waals surface area contributed by atoms with E-state index in [2.05, 4.69) is 10.6 Å². The molecule has 0 fully saturated rings. The van der Waals surface area contributed by atoms with Crippen molar-refractivity contribution in [3.8, 4) is 0 Å². The Hall–Kier alpha value is -2.36. The van der Waals surface area contributed by atoms with Crippen molar-refractivity contribution in [2.45, 2.75) is 13.8 Å². The third-order valence-corrected chi connectivity index (χ3v) is 2.84. The normalized spacial score (nSPS) is 10.1. The van der Waals surface area contributed by atoms with Gasteiger partial charge in [-0.05, 0) is 43.2 Å². The van der Waals surface area contributed by atoms with Crippen LogP contribution in [0.5, 0.6) is 0 Å². The number of carbonyl (C=O) groups excluding carboxylic acids is 1. The fourth-order valence-electron chi connectivity index (χ4n) is 1.72. The molecule has 3 nitrogen and oxygen atoms in total. The number of hydrogen-bond donors (Lipinski definition) is 2. The first kappa shape index (κ1) is 13.1. The number of carbonyl (C=O) groups is 1. The molecule has 98 valence electrons. The second-order valence-corrected chi connectivity index (χ2v) is 4.35. The Balaban J connectivity index is 2.10. The van der Waals surface area contributed by atoms with Gasteiger partial charge in [0.05, 0.1) is 0 Å². The Morgan fingerprint density at radius 1 is 0.947 bits per heavy atom. The molecule has 0 radical (unpaired) electrons. The van der Waals surface area contributed by atoms with E-state index < -0.39 is 0 Å². The maximum Gasteiger partial charge on any atom is 0.323 e. The highest BCUT2D eigenvalue weighted by Gasteiger charge is 2.07. The minimum atomic E-state index is -0.386. The monoisotopic (exact) mass is 258 g/mol. The maximum atomic E-state index is 13.1. The van der Waals surface area contributed by atoms with Gasteiger partial charge < -0.3 is 10.6 Å². The third kappa shape index (κ3) is 3.31. The molecule has 0 aromatic heterocycles. The van der Waals surface area contributed by atoms with Crippen molar-refractivity contribution in [1.82, 2.24) is 0 Å². The van der Waals surface area contributed by atoms with E-state index in [-0.39, 0.29) is 11.8 Å². The predicted molar refractivity (Wildman–Crippen MR) is 75.0 cm³/mol. The summed E-state index contributed by atoms with van der Waals surface area (Å²) < 4.78 is 13.1.